The Hall–Kier alpha value is -2.95. The van der Waals surface area contributed by atoms with Gasteiger partial charge in [0.05, 0.1) is 0 Å². The summed E-state index contributed by atoms with van der Waals surface area (Å²) in [6, 6.07) is -0.619. The summed E-state index contributed by atoms with van der Waals surface area (Å²) in [5.74, 6) is -1.15. The minimum atomic E-state index is -0.619. The molecule has 0 atom stereocenters. The lowest BCUT2D eigenvalue weighted by Crippen LogP contribution is -2.53. The summed E-state index contributed by atoms with van der Waals surface area (Å²) in [7, 11) is 2.75. The number of allylic oxidation sites excluding steroid dienone is 11. The Labute approximate surface area is 134 Å². The van der Waals surface area contributed by atoms with Crippen LogP contribution in [-0.2, 0) is 9.59 Å². The Balaban J connectivity index is 2.13. The summed E-state index contributed by atoms with van der Waals surface area (Å²) in [6.07, 6.45) is 16.0. The maximum absolute atomic E-state index is 12.4. The average molecular weight is 308 g/mol. The van der Waals surface area contributed by atoms with Crippen LogP contribution in [0.2, 0.25) is 0 Å². The number of carbonyl (C=O) groups is 3. The molecule has 0 spiro atoms. The Morgan fingerprint density at radius 3 is 1.74 bits per heavy atom. The van der Waals surface area contributed by atoms with Crippen LogP contribution in [0.5, 0.6) is 0 Å². The van der Waals surface area contributed by atoms with Crippen molar-refractivity contribution in [1.29, 1.82) is 0 Å². The zero-order chi connectivity index (χ0) is 16.6. The molecule has 0 saturated carbocycles. The van der Waals surface area contributed by atoms with Gasteiger partial charge >= 0.3 is 6.03 Å². The number of fused-ring (bicyclic) bond motifs is 2. The van der Waals surface area contributed by atoms with Crippen molar-refractivity contribution < 1.29 is 14.4 Å². The molecule has 3 rings (SSSR count). The number of urea groups is 1. The fraction of sp³-hybridized carbons (Fsp3) is 0.167. The third-order valence-electron chi connectivity index (χ3n) is 3.99. The molecule has 1 aliphatic heterocycles. The third-order valence-corrected chi connectivity index (χ3v) is 3.99. The van der Waals surface area contributed by atoms with E-state index >= 15 is 0 Å². The van der Waals surface area contributed by atoms with Crippen LogP contribution in [0.4, 0.5) is 4.79 Å². The highest BCUT2D eigenvalue weighted by Gasteiger charge is 2.39. The lowest BCUT2D eigenvalue weighted by Gasteiger charge is -2.29. The largest absolute Gasteiger partial charge is 0.333 e. The molecule has 116 valence electrons. The normalized spacial score (nSPS) is 24.0. The van der Waals surface area contributed by atoms with Crippen molar-refractivity contribution in [2.45, 2.75) is 6.42 Å². The molecule has 2 aliphatic carbocycles. The average Bonchev–Trinajstić information content (AvgIpc) is 2.78. The molecule has 5 nitrogen and oxygen atoms in total. The molecular formula is C18H16N2O3. The maximum atomic E-state index is 12.4. The second kappa shape index (κ2) is 5.68. The van der Waals surface area contributed by atoms with Crippen LogP contribution in [0.1, 0.15) is 6.42 Å². The van der Waals surface area contributed by atoms with Gasteiger partial charge < -0.3 is 0 Å². The molecule has 0 aromatic carbocycles. The number of barbiturate groups is 1. The first kappa shape index (κ1) is 15.0. The van der Waals surface area contributed by atoms with Gasteiger partial charge in [-0.15, -0.1) is 0 Å². The predicted molar refractivity (Wildman–Crippen MR) is 86.2 cm³/mol. The fourth-order valence-electron chi connectivity index (χ4n) is 2.63. The zero-order valence-electron chi connectivity index (χ0n) is 12.9. The van der Waals surface area contributed by atoms with Gasteiger partial charge in [0.2, 0.25) is 0 Å². The first-order valence-electron chi connectivity index (χ1n) is 7.26. The second-order valence-electron chi connectivity index (χ2n) is 5.55. The highest BCUT2D eigenvalue weighted by molar-refractivity contribution is 6.29. The van der Waals surface area contributed by atoms with E-state index in [1.54, 1.807) is 12.2 Å². The van der Waals surface area contributed by atoms with Crippen LogP contribution in [0.25, 0.3) is 0 Å². The van der Waals surface area contributed by atoms with Crippen LogP contribution in [-0.4, -0.2) is 41.7 Å². The minimum Gasteiger partial charge on any atom is -0.268 e. The smallest absolute Gasteiger partial charge is 0.268 e. The molecule has 3 aliphatic rings. The Bertz CT molecular complexity index is 731. The van der Waals surface area contributed by atoms with Crippen molar-refractivity contribution in [3.8, 4) is 0 Å². The van der Waals surface area contributed by atoms with Gasteiger partial charge in [-0.05, 0) is 23.1 Å². The summed E-state index contributed by atoms with van der Waals surface area (Å²) in [4.78, 5) is 38.5. The summed E-state index contributed by atoms with van der Waals surface area (Å²) in [5.41, 5.74) is 2.68. The zero-order valence-corrected chi connectivity index (χ0v) is 12.9. The second-order valence-corrected chi connectivity index (χ2v) is 5.55. The van der Waals surface area contributed by atoms with Crippen LogP contribution in [0, 0.1) is 0 Å². The Kier molecular flexibility index (Phi) is 3.70. The molecule has 0 aromatic rings. The minimum absolute atomic E-state index is 0.00917. The van der Waals surface area contributed by atoms with Crippen molar-refractivity contribution in [2.75, 3.05) is 14.1 Å². The lowest BCUT2D eigenvalue weighted by atomic mass is 9.96. The van der Waals surface area contributed by atoms with Crippen molar-refractivity contribution in [2.24, 2.45) is 0 Å². The standard InChI is InChI=1S/C18H16N2O3/c1-19-16(21)15(17(22)20(2)18(19)23)14-9-7-12-5-3-4-6-13(11-12)8-10-14/h3-10H,11H2,1-2H3/b9-7-,10-8-. The topological polar surface area (TPSA) is 57.7 Å². The number of nitrogens with zero attached hydrogens (tertiary/aromatic N) is 2. The number of imide groups is 2. The molecular weight excluding hydrogens is 292 g/mol. The van der Waals surface area contributed by atoms with E-state index in [1.165, 1.54) is 14.1 Å². The number of likely N-dealkylation sites (N-methyl/N-ethyl adjacent to an activating group) is 2. The molecule has 0 aromatic heterocycles. The van der Waals surface area contributed by atoms with E-state index in [9.17, 15) is 14.4 Å². The van der Waals surface area contributed by atoms with E-state index in [1.807, 2.05) is 36.5 Å². The predicted octanol–water partition coefficient (Wildman–Crippen LogP) is 2.27. The first-order chi connectivity index (χ1) is 11.0. The molecule has 2 bridgehead atoms. The van der Waals surface area contributed by atoms with Gasteiger partial charge in [-0.1, -0.05) is 48.6 Å². The van der Waals surface area contributed by atoms with Crippen LogP contribution in [0.15, 0.2) is 70.9 Å². The summed E-state index contributed by atoms with van der Waals surface area (Å²) >= 11 is 0. The number of rotatable bonds is 0. The quantitative estimate of drug-likeness (QED) is 0.509. The van der Waals surface area contributed by atoms with Gasteiger partial charge in [-0.2, -0.15) is 0 Å². The van der Waals surface area contributed by atoms with Crippen molar-refractivity contribution >= 4 is 17.8 Å². The van der Waals surface area contributed by atoms with Gasteiger partial charge in [0.1, 0.15) is 5.57 Å². The number of hydrogen-bond donors (Lipinski definition) is 0. The molecule has 23 heavy (non-hydrogen) atoms. The van der Waals surface area contributed by atoms with Gasteiger partial charge in [0.25, 0.3) is 11.8 Å². The molecule has 5 heteroatoms. The highest BCUT2D eigenvalue weighted by Crippen LogP contribution is 2.25. The molecule has 0 unspecified atom stereocenters. The van der Waals surface area contributed by atoms with Gasteiger partial charge in [-0.25, -0.2) is 4.79 Å². The van der Waals surface area contributed by atoms with Gasteiger partial charge in [0.15, 0.2) is 0 Å². The summed E-state index contributed by atoms with van der Waals surface area (Å²) in [5, 5.41) is 0. The van der Waals surface area contributed by atoms with Crippen LogP contribution >= 0.6 is 0 Å². The van der Waals surface area contributed by atoms with Crippen LogP contribution in [0.3, 0.4) is 0 Å². The highest BCUT2D eigenvalue weighted by atomic mass is 16.2. The molecule has 1 heterocycles. The molecule has 0 radical (unpaired) electrons. The molecule has 0 N–H and O–H groups in total. The van der Waals surface area contributed by atoms with Gasteiger partial charge in [0, 0.05) is 14.1 Å². The summed E-state index contributed by atoms with van der Waals surface area (Å²) < 4.78 is 0. The Morgan fingerprint density at radius 1 is 0.783 bits per heavy atom. The van der Waals surface area contributed by atoms with E-state index in [0.29, 0.717) is 5.57 Å². The maximum Gasteiger partial charge on any atom is 0.333 e. The number of hydrogen-bond acceptors (Lipinski definition) is 3. The lowest BCUT2D eigenvalue weighted by molar-refractivity contribution is -0.134. The van der Waals surface area contributed by atoms with E-state index in [0.717, 1.165) is 27.4 Å². The van der Waals surface area contributed by atoms with Crippen LogP contribution < -0.4 is 0 Å². The Morgan fingerprint density at radius 2 is 1.26 bits per heavy atom. The van der Waals surface area contributed by atoms with Crippen molar-refractivity contribution in [3.63, 3.8) is 0 Å². The first-order valence-corrected chi connectivity index (χ1v) is 7.26. The van der Waals surface area contributed by atoms with E-state index in [2.05, 4.69) is 0 Å². The fourth-order valence-corrected chi connectivity index (χ4v) is 2.63. The van der Waals surface area contributed by atoms with E-state index < -0.39 is 17.8 Å². The van der Waals surface area contributed by atoms with Gasteiger partial charge in [-0.3, -0.25) is 19.4 Å². The van der Waals surface area contributed by atoms with Crippen molar-refractivity contribution in [3.05, 3.63) is 70.9 Å². The third kappa shape index (κ3) is 2.61. The number of amides is 4. The molecule has 4 amide bonds. The SMILES string of the molecule is CN1C(=O)C(=C2/C=C\C3=CC=CC=C(/C=C\2)C3)C(=O)N(C)C1=O. The number of carbonyl (C=O) groups excluding carboxylic acids is 3. The van der Waals surface area contributed by atoms with Crippen molar-refractivity contribution in [1.82, 2.24) is 9.80 Å². The van der Waals surface area contributed by atoms with E-state index in [4.69, 9.17) is 0 Å². The molecule has 1 fully saturated rings. The summed E-state index contributed by atoms with van der Waals surface area (Å²) in [6.45, 7) is 0. The monoisotopic (exact) mass is 308 g/mol. The van der Waals surface area contributed by atoms with E-state index in [-0.39, 0.29) is 5.57 Å². The molecule has 1 saturated heterocycles.